The van der Waals surface area contributed by atoms with E-state index in [4.69, 9.17) is 0 Å². The highest BCUT2D eigenvalue weighted by molar-refractivity contribution is 5.30. The highest BCUT2D eigenvalue weighted by atomic mass is 16.3. The van der Waals surface area contributed by atoms with Crippen LogP contribution in [0.3, 0.4) is 0 Å². The summed E-state index contributed by atoms with van der Waals surface area (Å²) in [6.45, 7) is 8.68. The van der Waals surface area contributed by atoms with Gasteiger partial charge in [-0.2, -0.15) is 0 Å². The quantitative estimate of drug-likeness (QED) is 0.875. The molecule has 22 heavy (non-hydrogen) atoms. The molecule has 5 nitrogen and oxygen atoms in total. The number of nitrogens with zero attached hydrogens (tertiary/aromatic N) is 2. The summed E-state index contributed by atoms with van der Waals surface area (Å²) in [4.78, 5) is 14.3. The topological polar surface area (TPSA) is 65.7 Å². The molecule has 1 aliphatic heterocycles. The average Bonchev–Trinajstić information content (AvgIpc) is 2.50. The second kappa shape index (κ2) is 7.29. The minimum atomic E-state index is -0.399. The molecule has 1 aliphatic rings. The van der Waals surface area contributed by atoms with Crippen LogP contribution in [0, 0.1) is 5.92 Å². The van der Waals surface area contributed by atoms with Crippen LogP contribution >= 0.6 is 0 Å². The van der Waals surface area contributed by atoms with Crippen LogP contribution in [0.15, 0.2) is 10.9 Å². The second-order valence-corrected chi connectivity index (χ2v) is 6.56. The molecule has 5 heteroatoms. The fraction of sp³-hybridized carbons (Fsp3) is 0.706. The van der Waals surface area contributed by atoms with Gasteiger partial charge in [-0.3, -0.25) is 9.69 Å². The normalized spacial score (nSPS) is 21.0. The SMILES string of the molecule is CCC(C)n1c(CO)cc(=O)c(O)c1CN1CCCC(C)C1. The Morgan fingerprint density at radius 2 is 2.18 bits per heavy atom. The van der Waals surface area contributed by atoms with E-state index in [1.165, 1.54) is 12.5 Å². The largest absolute Gasteiger partial charge is 0.503 e. The summed E-state index contributed by atoms with van der Waals surface area (Å²) >= 11 is 0. The van der Waals surface area contributed by atoms with Crippen LogP contribution in [-0.4, -0.2) is 32.8 Å². The minimum absolute atomic E-state index is 0.130. The number of rotatable bonds is 5. The molecule has 0 aliphatic carbocycles. The van der Waals surface area contributed by atoms with Crippen LogP contribution in [0.25, 0.3) is 0 Å². The summed E-state index contributed by atoms with van der Waals surface area (Å²) in [6, 6.07) is 1.48. The van der Waals surface area contributed by atoms with Crippen molar-refractivity contribution in [2.24, 2.45) is 5.92 Å². The molecule has 124 valence electrons. The summed E-state index contributed by atoms with van der Waals surface area (Å²) in [6.07, 6.45) is 3.26. The fourth-order valence-electron chi connectivity index (χ4n) is 3.37. The number of hydrogen-bond donors (Lipinski definition) is 2. The standard InChI is InChI=1S/C17H28N2O3/c1-4-13(3)19-14(11-20)8-16(21)17(22)15(19)10-18-7-5-6-12(2)9-18/h8,12-13,20,22H,4-7,9-11H2,1-3H3. The van der Waals surface area contributed by atoms with E-state index in [9.17, 15) is 15.0 Å². The second-order valence-electron chi connectivity index (χ2n) is 6.56. The van der Waals surface area contributed by atoms with Gasteiger partial charge in [0.25, 0.3) is 0 Å². The highest BCUT2D eigenvalue weighted by Gasteiger charge is 2.22. The van der Waals surface area contributed by atoms with Gasteiger partial charge in [-0.05, 0) is 38.6 Å². The minimum Gasteiger partial charge on any atom is -0.503 e. The van der Waals surface area contributed by atoms with Gasteiger partial charge in [0.2, 0.25) is 5.43 Å². The van der Waals surface area contributed by atoms with E-state index in [0.717, 1.165) is 25.9 Å². The molecule has 0 aromatic carbocycles. The molecule has 0 spiro atoms. The van der Waals surface area contributed by atoms with Crippen LogP contribution in [0.5, 0.6) is 5.75 Å². The van der Waals surface area contributed by atoms with E-state index in [1.54, 1.807) is 0 Å². The van der Waals surface area contributed by atoms with Crippen LogP contribution in [0.4, 0.5) is 0 Å². The van der Waals surface area contributed by atoms with Gasteiger partial charge >= 0.3 is 0 Å². The Labute approximate surface area is 132 Å². The molecule has 1 fully saturated rings. The van der Waals surface area contributed by atoms with Gasteiger partial charge in [-0.25, -0.2) is 0 Å². The lowest BCUT2D eigenvalue weighted by Crippen LogP contribution is -2.35. The monoisotopic (exact) mass is 308 g/mol. The molecule has 2 N–H and O–H groups in total. The van der Waals surface area contributed by atoms with Gasteiger partial charge in [0.05, 0.1) is 12.3 Å². The number of aromatic hydroxyl groups is 1. The van der Waals surface area contributed by atoms with Gasteiger partial charge in [0.15, 0.2) is 5.75 Å². The molecule has 1 saturated heterocycles. The molecular formula is C17H28N2O3. The molecule has 1 aromatic rings. The molecular weight excluding hydrogens is 280 g/mol. The van der Waals surface area contributed by atoms with Gasteiger partial charge in [0.1, 0.15) is 0 Å². The number of pyridine rings is 1. The third-order valence-electron chi connectivity index (χ3n) is 4.71. The summed E-state index contributed by atoms with van der Waals surface area (Å²) < 4.78 is 1.94. The lowest BCUT2D eigenvalue weighted by molar-refractivity contribution is 0.167. The van der Waals surface area contributed by atoms with Gasteiger partial charge in [0, 0.05) is 30.9 Å². The predicted molar refractivity (Wildman–Crippen MR) is 87.0 cm³/mol. The zero-order chi connectivity index (χ0) is 16.3. The zero-order valence-electron chi connectivity index (χ0n) is 13.9. The molecule has 2 rings (SSSR count). The van der Waals surface area contributed by atoms with Crippen molar-refractivity contribution >= 4 is 0 Å². The lowest BCUT2D eigenvalue weighted by Gasteiger charge is -2.33. The summed E-state index contributed by atoms with van der Waals surface area (Å²) in [5.41, 5.74) is 0.820. The zero-order valence-corrected chi connectivity index (χ0v) is 13.9. The van der Waals surface area contributed by atoms with Crippen LogP contribution in [-0.2, 0) is 13.2 Å². The van der Waals surface area contributed by atoms with Crippen molar-refractivity contribution in [1.29, 1.82) is 0 Å². The van der Waals surface area contributed by atoms with Crippen LogP contribution < -0.4 is 5.43 Å². The van der Waals surface area contributed by atoms with E-state index in [-0.39, 0.29) is 18.4 Å². The van der Waals surface area contributed by atoms with Crippen LogP contribution in [0.1, 0.15) is 57.5 Å². The smallest absolute Gasteiger partial charge is 0.223 e. The molecule has 2 unspecified atom stereocenters. The van der Waals surface area contributed by atoms with Crippen molar-refractivity contribution < 1.29 is 10.2 Å². The molecule has 0 saturated carbocycles. The van der Waals surface area contributed by atoms with Gasteiger partial charge < -0.3 is 14.8 Å². The number of hydrogen-bond acceptors (Lipinski definition) is 4. The van der Waals surface area contributed by atoms with Gasteiger partial charge in [-0.1, -0.05) is 13.8 Å². The maximum Gasteiger partial charge on any atom is 0.223 e. The first kappa shape index (κ1) is 17.0. The Morgan fingerprint density at radius 3 is 2.77 bits per heavy atom. The van der Waals surface area contributed by atoms with E-state index in [2.05, 4.69) is 18.7 Å². The Hall–Kier alpha value is -1.33. The summed E-state index contributed by atoms with van der Waals surface area (Å²) in [7, 11) is 0. The Morgan fingerprint density at radius 1 is 1.45 bits per heavy atom. The van der Waals surface area contributed by atoms with Crippen molar-refractivity contribution in [3.05, 3.63) is 27.7 Å². The Bertz CT molecular complexity index is 568. The van der Waals surface area contributed by atoms with Crippen molar-refractivity contribution in [2.75, 3.05) is 13.1 Å². The summed E-state index contributed by atoms with van der Waals surface area (Å²) in [5, 5.41) is 19.9. The molecule has 0 radical (unpaired) electrons. The number of aliphatic hydroxyl groups excluding tert-OH is 1. The van der Waals surface area contributed by atoms with Crippen LogP contribution in [0.2, 0.25) is 0 Å². The number of aliphatic hydroxyl groups is 1. The van der Waals surface area contributed by atoms with E-state index in [1.807, 2.05) is 11.5 Å². The van der Waals surface area contributed by atoms with E-state index < -0.39 is 5.43 Å². The average molecular weight is 308 g/mol. The number of aromatic nitrogens is 1. The maximum atomic E-state index is 12.0. The van der Waals surface area contributed by atoms with Crippen molar-refractivity contribution in [3.63, 3.8) is 0 Å². The van der Waals surface area contributed by atoms with Gasteiger partial charge in [-0.15, -0.1) is 0 Å². The molecule has 0 amide bonds. The molecule has 2 heterocycles. The third-order valence-corrected chi connectivity index (χ3v) is 4.71. The fourth-order valence-corrected chi connectivity index (χ4v) is 3.37. The molecule has 2 atom stereocenters. The van der Waals surface area contributed by atoms with Crippen molar-refractivity contribution in [3.8, 4) is 5.75 Å². The molecule has 0 bridgehead atoms. The Balaban J connectivity index is 2.42. The first-order valence-corrected chi connectivity index (χ1v) is 8.27. The first-order chi connectivity index (χ1) is 10.5. The summed E-state index contributed by atoms with van der Waals surface area (Å²) in [5.74, 6) is 0.469. The predicted octanol–water partition coefficient (Wildman–Crippen LogP) is 2.25. The lowest BCUT2D eigenvalue weighted by atomic mass is 10.00. The Kier molecular flexibility index (Phi) is 5.64. The van der Waals surface area contributed by atoms with E-state index in [0.29, 0.717) is 23.9 Å². The van der Waals surface area contributed by atoms with E-state index >= 15 is 0 Å². The number of piperidine rings is 1. The van der Waals surface area contributed by atoms with Crippen molar-refractivity contribution in [2.45, 2.75) is 59.2 Å². The first-order valence-electron chi connectivity index (χ1n) is 8.27. The highest BCUT2D eigenvalue weighted by Crippen LogP contribution is 2.25. The molecule has 1 aromatic heterocycles. The third kappa shape index (κ3) is 3.52. The van der Waals surface area contributed by atoms with Crippen molar-refractivity contribution in [1.82, 2.24) is 9.47 Å². The number of likely N-dealkylation sites (tertiary alicyclic amines) is 1. The maximum absolute atomic E-state index is 12.0.